The zero-order chi connectivity index (χ0) is 14.2. The van der Waals surface area contributed by atoms with Gasteiger partial charge in [-0.1, -0.05) is 0 Å². The maximum atomic E-state index is 11.6. The van der Waals surface area contributed by atoms with E-state index in [9.17, 15) is 8.42 Å². The van der Waals surface area contributed by atoms with Gasteiger partial charge in [0.05, 0.1) is 22.3 Å². The second-order valence-corrected chi connectivity index (χ2v) is 6.30. The van der Waals surface area contributed by atoms with E-state index >= 15 is 0 Å². The lowest BCUT2D eigenvalue weighted by Gasteiger charge is -2.07. The van der Waals surface area contributed by atoms with Crippen molar-refractivity contribution in [3.63, 3.8) is 0 Å². The van der Waals surface area contributed by atoms with E-state index in [0.717, 1.165) is 5.69 Å². The predicted molar refractivity (Wildman–Crippen MR) is 74.5 cm³/mol. The molecule has 0 aliphatic rings. The highest BCUT2D eigenvalue weighted by Crippen LogP contribution is 2.25. The number of hydrogen-bond donors (Lipinski definition) is 2. The van der Waals surface area contributed by atoms with E-state index in [4.69, 9.17) is 0 Å². The van der Waals surface area contributed by atoms with Gasteiger partial charge < -0.3 is 5.32 Å². The number of H-pyrrole nitrogens is 1. The maximum Gasteiger partial charge on any atom is 0.175 e. The van der Waals surface area contributed by atoms with Crippen LogP contribution >= 0.6 is 0 Å². The number of benzene rings is 1. The second kappa shape index (κ2) is 4.57. The molecule has 2 aromatic heterocycles. The summed E-state index contributed by atoms with van der Waals surface area (Å²) in [6.45, 7) is 0. The Kier molecular flexibility index (Phi) is 2.87. The van der Waals surface area contributed by atoms with Crippen molar-refractivity contribution >= 4 is 32.2 Å². The normalized spacial score (nSPS) is 11.7. The van der Waals surface area contributed by atoms with Gasteiger partial charge in [-0.25, -0.2) is 18.4 Å². The molecule has 0 atom stereocenters. The van der Waals surface area contributed by atoms with E-state index in [1.165, 1.54) is 18.6 Å². The van der Waals surface area contributed by atoms with E-state index < -0.39 is 9.84 Å². The molecule has 1 aromatic carbocycles. The molecule has 0 aliphatic heterocycles. The van der Waals surface area contributed by atoms with E-state index in [1.54, 1.807) is 24.5 Å². The zero-order valence-corrected chi connectivity index (χ0v) is 11.3. The van der Waals surface area contributed by atoms with E-state index in [-0.39, 0.29) is 4.90 Å². The molecule has 0 fully saturated rings. The third kappa shape index (κ3) is 2.32. The van der Waals surface area contributed by atoms with Crippen molar-refractivity contribution in [3.8, 4) is 0 Å². The Hall–Kier alpha value is -2.48. The van der Waals surface area contributed by atoms with Gasteiger partial charge in [0, 0.05) is 17.8 Å². The Bertz CT molecular complexity index is 859. The van der Waals surface area contributed by atoms with Gasteiger partial charge in [-0.15, -0.1) is 0 Å². The van der Waals surface area contributed by atoms with Crippen molar-refractivity contribution in [2.24, 2.45) is 0 Å². The number of nitrogens with one attached hydrogen (secondary N) is 2. The van der Waals surface area contributed by atoms with Gasteiger partial charge in [0.1, 0.15) is 12.1 Å². The van der Waals surface area contributed by atoms with Crippen LogP contribution in [0.25, 0.3) is 10.9 Å². The van der Waals surface area contributed by atoms with Gasteiger partial charge in [-0.3, -0.25) is 5.10 Å². The molecule has 0 spiro atoms. The maximum absolute atomic E-state index is 11.6. The fourth-order valence-corrected chi connectivity index (χ4v) is 2.47. The number of nitrogens with zero attached hydrogens (tertiary/aromatic N) is 3. The summed E-state index contributed by atoms with van der Waals surface area (Å²) in [5.41, 5.74) is 1.40. The zero-order valence-electron chi connectivity index (χ0n) is 10.5. The van der Waals surface area contributed by atoms with Crippen LogP contribution in [0.2, 0.25) is 0 Å². The molecule has 0 aliphatic carbocycles. The molecule has 20 heavy (non-hydrogen) atoms. The van der Waals surface area contributed by atoms with Gasteiger partial charge in [0.2, 0.25) is 0 Å². The molecular formula is C12H11N5O2S. The van der Waals surface area contributed by atoms with Crippen molar-refractivity contribution < 1.29 is 8.42 Å². The lowest BCUT2D eigenvalue weighted by molar-refractivity contribution is 0.602. The number of fused-ring (bicyclic) bond motifs is 1. The third-order valence-corrected chi connectivity index (χ3v) is 3.91. The topological polar surface area (TPSA) is 101 Å². The van der Waals surface area contributed by atoms with Crippen LogP contribution < -0.4 is 5.32 Å². The number of sulfone groups is 1. The van der Waals surface area contributed by atoms with E-state index in [1.807, 2.05) is 0 Å². The van der Waals surface area contributed by atoms with Crippen LogP contribution in [0, 0.1) is 0 Å². The van der Waals surface area contributed by atoms with Crippen LogP contribution in [0.5, 0.6) is 0 Å². The second-order valence-electron chi connectivity index (χ2n) is 4.29. The average Bonchev–Trinajstić information content (AvgIpc) is 2.90. The fourth-order valence-electron chi connectivity index (χ4n) is 1.82. The van der Waals surface area contributed by atoms with E-state index in [0.29, 0.717) is 16.7 Å². The molecule has 102 valence electrons. The minimum atomic E-state index is -3.27. The molecule has 0 radical (unpaired) electrons. The summed E-state index contributed by atoms with van der Waals surface area (Å²) in [6.07, 6.45) is 5.87. The van der Waals surface area contributed by atoms with Crippen LogP contribution in [-0.4, -0.2) is 34.8 Å². The van der Waals surface area contributed by atoms with E-state index in [2.05, 4.69) is 25.5 Å². The Labute approximate surface area is 115 Å². The number of rotatable bonds is 3. The first-order valence-corrected chi connectivity index (χ1v) is 7.64. The van der Waals surface area contributed by atoms with Crippen LogP contribution in [0.4, 0.5) is 11.5 Å². The average molecular weight is 289 g/mol. The monoisotopic (exact) mass is 289 g/mol. The number of anilines is 2. The van der Waals surface area contributed by atoms with Gasteiger partial charge in [0.15, 0.2) is 9.84 Å². The molecule has 0 saturated heterocycles. The molecule has 7 nitrogen and oxygen atoms in total. The van der Waals surface area contributed by atoms with Gasteiger partial charge in [0.25, 0.3) is 0 Å². The lowest BCUT2D eigenvalue weighted by Crippen LogP contribution is -1.99. The van der Waals surface area contributed by atoms with Gasteiger partial charge >= 0.3 is 0 Å². The highest BCUT2D eigenvalue weighted by molar-refractivity contribution is 7.90. The summed E-state index contributed by atoms with van der Waals surface area (Å²) >= 11 is 0. The summed E-state index contributed by atoms with van der Waals surface area (Å²) < 4.78 is 23.3. The minimum absolute atomic E-state index is 0.232. The van der Waals surface area contributed by atoms with Crippen molar-refractivity contribution in [2.75, 3.05) is 11.6 Å². The summed E-state index contributed by atoms with van der Waals surface area (Å²) in [5, 5.41) is 10.2. The first kappa shape index (κ1) is 12.5. The Morgan fingerprint density at radius 2 is 2.10 bits per heavy atom. The number of aromatic amines is 1. The van der Waals surface area contributed by atoms with Gasteiger partial charge in [-0.05, 0) is 18.2 Å². The summed E-state index contributed by atoms with van der Waals surface area (Å²) in [7, 11) is -3.27. The molecule has 0 bridgehead atoms. The third-order valence-electron chi connectivity index (χ3n) is 2.80. The van der Waals surface area contributed by atoms with Gasteiger partial charge in [-0.2, -0.15) is 5.10 Å². The molecular weight excluding hydrogens is 278 g/mol. The first-order valence-electron chi connectivity index (χ1n) is 5.75. The number of aromatic nitrogens is 4. The molecule has 8 heteroatoms. The Morgan fingerprint density at radius 1 is 1.25 bits per heavy atom. The molecule has 3 aromatic rings. The standard InChI is InChI=1S/C12H11N5O2S/c1-20(18,19)9-2-3-11-10(4-9)12(14-7-13-11)17-8-5-15-16-6-8/h2-7H,1H3,(H,15,16)(H,13,14,17). The highest BCUT2D eigenvalue weighted by atomic mass is 32.2. The predicted octanol–water partition coefficient (Wildman–Crippen LogP) is 1.50. The molecule has 0 amide bonds. The Balaban J connectivity index is 2.16. The molecule has 3 rings (SSSR count). The van der Waals surface area contributed by atoms with Crippen molar-refractivity contribution in [2.45, 2.75) is 4.90 Å². The molecule has 0 saturated carbocycles. The van der Waals surface area contributed by atoms with Crippen LogP contribution in [0.15, 0.2) is 41.8 Å². The SMILES string of the molecule is CS(=O)(=O)c1ccc2ncnc(Nc3cn[nH]c3)c2c1. The molecule has 2 heterocycles. The smallest absolute Gasteiger partial charge is 0.175 e. The van der Waals surface area contributed by atoms with Crippen molar-refractivity contribution in [1.29, 1.82) is 0 Å². The van der Waals surface area contributed by atoms with Crippen molar-refractivity contribution in [3.05, 3.63) is 36.9 Å². The summed E-state index contributed by atoms with van der Waals surface area (Å²) in [6, 6.07) is 4.76. The van der Waals surface area contributed by atoms with Crippen LogP contribution in [0.1, 0.15) is 0 Å². The Morgan fingerprint density at radius 3 is 2.80 bits per heavy atom. The first-order chi connectivity index (χ1) is 9.54. The van der Waals surface area contributed by atoms with Crippen molar-refractivity contribution in [1.82, 2.24) is 20.2 Å². The largest absolute Gasteiger partial charge is 0.337 e. The molecule has 2 N–H and O–H groups in total. The minimum Gasteiger partial charge on any atom is -0.337 e. The summed E-state index contributed by atoms with van der Waals surface area (Å²) in [5.74, 6) is 0.530. The fraction of sp³-hybridized carbons (Fsp3) is 0.0833. The lowest BCUT2D eigenvalue weighted by atomic mass is 10.2. The van der Waals surface area contributed by atoms with Crippen LogP contribution in [-0.2, 0) is 9.84 Å². The molecule has 0 unspecified atom stereocenters. The summed E-state index contributed by atoms with van der Waals surface area (Å²) in [4.78, 5) is 8.50. The quantitative estimate of drug-likeness (QED) is 0.757. The number of hydrogen-bond acceptors (Lipinski definition) is 6. The van der Waals surface area contributed by atoms with Crippen LogP contribution in [0.3, 0.4) is 0 Å². The highest BCUT2D eigenvalue weighted by Gasteiger charge is 2.11.